The standard InChI is InChI=1S/C11H16N4O4/c16-10(17)5-12-1-3-14(7-12)9-15-4-2-13(8-15)6-11(18)19/h1-4H,5-9H2,(H,16,17)(H,18,19). The van der Waals surface area contributed by atoms with E-state index in [0.29, 0.717) is 20.0 Å². The molecule has 8 nitrogen and oxygen atoms in total. The SMILES string of the molecule is O=C(O)CN1C=CN(CN2C=CN(CC(=O)O)C2)C1. The van der Waals surface area contributed by atoms with E-state index in [2.05, 4.69) is 0 Å². The molecule has 0 spiro atoms. The molecule has 0 aromatic rings. The first kappa shape index (κ1) is 13.1. The van der Waals surface area contributed by atoms with Crippen molar-refractivity contribution >= 4 is 11.9 Å². The van der Waals surface area contributed by atoms with Crippen LogP contribution in [0.2, 0.25) is 0 Å². The maximum Gasteiger partial charge on any atom is 0.323 e. The van der Waals surface area contributed by atoms with Gasteiger partial charge < -0.3 is 29.8 Å². The second-order valence-electron chi connectivity index (χ2n) is 4.48. The topological polar surface area (TPSA) is 87.6 Å². The molecule has 0 atom stereocenters. The van der Waals surface area contributed by atoms with E-state index in [4.69, 9.17) is 10.2 Å². The van der Waals surface area contributed by atoms with Crippen LogP contribution >= 0.6 is 0 Å². The van der Waals surface area contributed by atoms with Gasteiger partial charge in [0.1, 0.15) is 13.1 Å². The molecule has 0 aliphatic carbocycles. The highest BCUT2D eigenvalue weighted by Gasteiger charge is 2.19. The third-order valence-electron chi connectivity index (χ3n) is 2.74. The maximum atomic E-state index is 10.6. The van der Waals surface area contributed by atoms with Gasteiger partial charge in [-0.05, 0) is 0 Å². The van der Waals surface area contributed by atoms with Gasteiger partial charge in [0.2, 0.25) is 0 Å². The predicted molar refractivity (Wildman–Crippen MR) is 65.2 cm³/mol. The monoisotopic (exact) mass is 268 g/mol. The molecule has 0 amide bonds. The molecule has 2 heterocycles. The molecule has 0 saturated heterocycles. The quantitative estimate of drug-likeness (QED) is 0.648. The summed E-state index contributed by atoms with van der Waals surface area (Å²) >= 11 is 0. The van der Waals surface area contributed by atoms with Crippen molar-refractivity contribution in [2.75, 3.05) is 33.1 Å². The van der Waals surface area contributed by atoms with Crippen LogP contribution in [-0.2, 0) is 9.59 Å². The maximum absolute atomic E-state index is 10.6. The minimum atomic E-state index is -0.861. The number of carboxylic acid groups (broad SMARTS) is 2. The van der Waals surface area contributed by atoms with Gasteiger partial charge in [-0.2, -0.15) is 0 Å². The van der Waals surface area contributed by atoms with E-state index in [1.165, 1.54) is 0 Å². The van der Waals surface area contributed by atoms with Crippen LogP contribution in [0.3, 0.4) is 0 Å². The molecular weight excluding hydrogens is 252 g/mol. The zero-order chi connectivity index (χ0) is 13.8. The molecule has 0 aromatic carbocycles. The van der Waals surface area contributed by atoms with Crippen LogP contribution in [0.15, 0.2) is 24.8 Å². The van der Waals surface area contributed by atoms with Crippen molar-refractivity contribution in [2.24, 2.45) is 0 Å². The van der Waals surface area contributed by atoms with Crippen molar-refractivity contribution in [2.45, 2.75) is 0 Å². The highest BCUT2D eigenvalue weighted by atomic mass is 16.4. The summed E-state index contributed by atoms with van der Waals surface area (Å²) in [5.74, 6) is -1.72. The molecule has 2 rings (SSSR count). The van der Waals surface area contributed by atoms with Gasteiger partial charge in [0.25, 0.3) is 0 Å². The lowest BCUT2D eigenvalue weighted by Crippen LogP contribution is -2.37. The van der Waals surface area contributed by atoms with E-state index >= 15 is 0 Å². The normalized spacial score (nSPS) is 17.7. The zero-order valence-corrected chi connectivity index (χ0v) is 10.3. The van der Waals surface area contributed by atoms with Crippen LogP contribution in [0.4, 0.5) is 0 Å². The zero-order valence-electron chi connectivity index (χ0n) is 10.3. The fourth-order valence-corrected chi connectivity index (χ4v) is 2.00. The summed E-state index contributed by atoms with van der Waals surface area (Å²) in [5, 5.41) is 17.4. The fourth-order valence-electron chi connectivity index (χ4n) is 2.00. The fraction of sp³-hybridized carbons (Fsp3) is 0.455. The molecule has 19 heavy (non-hydrogen) atoms. The summed E-state index contributed by atoms with van der Waals surface area (Å²) in [5.41, 5.74) is 0. The van der Waals surface area contributed by atoms with Gasteiger partial charge in [-0.1, -0.05) is 0 Å². The lowest BCUT2D eigenvalue weighted by molar-refractivity contribution is -0.138. The number of rotatable bonds is 6. The summed E-state index contributed by atoms with van der Waals surface area (Å²) in [6, 6.07) is 0. The summed E-state index contributed by atoms with van der Waals surface area (Å²) in [6.07, 6.45) is 7.14. The van der Waals surface area contributed by atoms with Gasteiger partial charge in [0.05, 0.1) is 20.0 Å². The van der Waals surface area contributed by atoms with Crippen LogP contribution in [-0.4, -0.2) is 74.8 Å². The van der Waals surface area contributed by atoms with Gasteiger partial charge >= 0.3 is 11.9 Å². The summed E-state index contributed by atoms with van der Waals surface area (Å²) in [4.78, 5) is 28.4. The molecule has 0 bridgehead atoms. The largest absolute Gasteiger partial charge is 0.480 e. The Balaban J connectivity index is 1.73. The molecule has 2 N–H and O–H groups in total. The Labute approximate surface area is 110 Å². The van der Waals surface area contributed by atoms with E-state index in [1.807, 2.05) is 22.2 Å². The second-order valence-corrected chi connectivity index (χ2v) is 4.48. The predicted octanol–water partition coefficient (Wildman–Crippen LogP) is -0.794. The molecule has 0 unspecified atom stereocenters. The number of hydrogen-bond acceptors (Lipinski definition) is 6. The van der Waals surface area contributed by atoms with Crippen molar-refractivity contribution in [3.05, 3.63) is 24.8 Å². The molecule has 0 radical (unpaired) electrons. The summed E-state index contributed by atoms with van der Waals surface area (Å²) in [7, 11) is 0. The van der Waals surface area contributed by atoms with E-state index in [0.717, 1.165) is 0 Å². The van der Waals surface area contributed by atoms with Crippen LogP contribution in [0, 0.1) is 0 Å². The Kier molecular flexibility index (Phi) is 3.79. The van der Waals surface area contributed by atoms with E-state index in [-0.39, 0.29) is 13.1 Å². The lowest BCUT2D eigenvalue weighted by atomic mass is 10.6. The number of aliphatic carboxylic acids is 2. The van der Waals surface area contributed by atoms with E-state index in [1.54, 1.807) is 22.2 Å². The van der Waals surface area contributed by atoms with Gasteiger partial charge in [-0.3, -0.25) is 9.59 Å². The molecule has 2 aliphatic rings. The molecular formula is C11H16N4O4. The van der Waals surface area contributed by atoms with Gasteiger partial charge in [0, 0.05) is 24.8 Å². The average Bonchev–Trinajstić information content (AvgIpc) is 2.88. The Bertz CT molecular complexity index is 385. The molecule has 0 aromatic heterocycles. The van der Waals surface area contributed by atoms with Crippen molar-refractivity contribution in [1.29, 1.82) is 0 Å². The van der Waals surface area contributed by atoms with Crippen LogP contribution in [0.5, 0.6) is 0 Å². The first-order valence-electron chi connectivity index (χ1n) is 5.79. The molecule has 2 aliphatic heterocycles. The molecule has 0 saturated carbocycles. The first-order chi connectivity index (χ1) is 9.02. The Hall–Kier alpha value is -2.38. The lowest BCUT2D eigenvalue weighted by Gasteiger charge is -2.26. The van der Waals surface area contributed by atoms with Crippen molar-refractivity contribution < 1.29 is 19.8 Å². The number of nitrogens with zero attached hydrogens (tertiary/aromatic N) is 4. The highest BCUT2D eigenvalue weighted by Crippen LogP contribution is 2.11. The van der Waals surface area contributed by atoms with Crippen molar-refractivity contribution in [3.8, 4) is 0 Å². The molecule has 0 fully saturated rings. The van der Waals surface area contributed by atoms with Gasteiger partial charge in [-0.15, -0.1) is 0 Å². The minimum Gasteiger partial charge on any atom is -0.480 e. The number of hydrogen-bond donors (Lipinski definition) is 2. The Morgan fingerprint density at radius 2 is 1.16 bits per heavy atom. The van der Waals surface area contributed by atoms with Crippen LogP contribution < -0.4 is 0 Å². The van der Waals surface area contributed by atoms with E-state index in [9.17, 15) is 9.59 Å². The van der Waals surface area contributed by atoms with Gasteiger partial charge in [-0.25, -0.2) is 0 Å². The Morgan fingerprint density at radius 3 is 1.53 bits per heavy atom. The first-order valence-corrected chi connectivity index (χ1v) is 5.79. The highest BCUT2D eigenvalue weighted by molar-refractivity contribution is 5.69. The van der Waals surface area contributed by atoms with Crippen LogP contribution in [0.1, 0.15) is 0 Å². The molecule has 8 heteroatoms. The smallest absolute Gasteiger partial charge is 0.323 e. The second kappa shape index (κ2) is 5.51. The summed E-state index contributed by atoms with van der Waals surface area (Å²) in [6.45, 7) is 1.60. The number of carboxylic acids is 2. The third-order valence-corrected chi connectivity index (χ3v) is 2.74. The third kappa shape index (κ3) is 3.80. The van der Waals surface area contributed by atoms with Crippen LogP contribution in [0.25, 0.3) is 0 Å². The minimum absolute atomic E-state index is 0.0199. The Morgan fingerprint density at radius 1 is 0.789 bits per heavy atom. The molecule has 104 valence electrons. The van der Waals surface area contributed by atoms with Crippen molar-refractivity contribution in [3.63, 3.8) is 0 Å². The van der Waals surface area contributed by atoms with E-state index < -0.39 is 11.9 Å². The van der Waals surface area contributed by atoms with Gasteiger partial charge in [0.15, 0.2) is 0 Å². The summed E-state index contributed by atoms with van der Waals surface area (Å²) < 4.78 is 0. The van der Waals surface area contributed by atoms with Crippen molar-refractivity contribution in [1.82, 2.24) is 19.6 Å². The number of carbonyl (C=O) groups is 2. The average molecular weight is 268 g/mol.